The lowest BCUT2D eigenvalue weighted by molar-refractivity contribution is 0.307. The van der Waals surface area contributed by atoms with Crippen LogP contribution in [0.2, 0.25) is 0 Å². The first-order valence-corrected chi connectivity index (χ1v) is 3.77. The van der Waals surface area contributed by atoms with Gasteiger partial charge in [-0.1, -0.05) is 0 Å². The van der Waals surface area contributed by atoms with Crippen molar-refractivity contribution in [2.45, 2.75) is 12.5 Å². The monoisotopic (exact) mass is 126 g/mol. The predicted octanol–water partition coefficient (Wildman–Crippen LogP) is -0.0901. The molecule has 2 nitrogen and oxygen atoms in total. The van der Waals surface area contributed by atoms with Gasteiger partial charge < -0.3 is 10.2 Å². The van der Waals surface area contributed by atoms with Crippen LogP contribution in [0, 0.1) is 5.92 Å². The van der Waals surface area contributed by atoms with E-state index in [0.717, 1.165) is 12.0 Å². The Hall–Kier alpha value is -0.0800. The molecule has 0 aromatic rings. The number of likely N-dealkylation sites (tertiary alicyclic amines) is 1. The molecule has 0 amide bonds. The maximum atomic E-state index is 3.44. The van der Waals surface area contributed by atoms with E-state index in [2.05, 4.69) is 17.3 Å². The van der Waals surface area contributed by atoms with Gasteiger partial charge in [0.15, 0.2) is 0 Å². The molecular weight excluding hydrogens is 112 g/mol. The Balaban J connectivity index is 2.07. The lowest BCUT2D eigenvalue weighted by Crippen LogP contribution is -2.37. The lowest BCUT2D eigenvalue weighted by Gasteiger charge is -2.21. The van der Waals surface area contributed by atoms with E-state index in [1.54, 1.807) is 0 Å². The smallest absolute Gasteiger partial charge is 0.0221 e. The topological polar surface area (TPSA) is 15.3 Å². The van der Waals surface area contributed by atoms with Crippen LogP contribution >= 0.6 is 0 Å². The quantitative estimate of drug-likeness (QED) is 0.488. The molecule has 0 aromatic heterocycles. The zero-order chi connectivity index (χ0) is 6.27. The first-order chi connectivity index (χ1) is 4.36. The fourth-order valence-corrected chi connectivity index (χ4v) is 2.04. The third-order valence-electron chi connectivity index (χ3n) is 2.59. The first-order valence-electron chi connectivity index (χ1n) is 3.77. The zero-order valence-electron chi connectivity index (χ0n) is 5.93. The molecule has 2 heteroatoms. The van der Waals surface area contributed by atoms with Gasteiger partial charge in [0, 0.05) is 19.1 Å². The van der Waals surface area contributed by atoms with Crippen LogP contribution in [-0.4, -0.2) is 37.6 Å². The maximum Gasteiger partial charge on any atom is 0.0221 e. The minimum atomic E-state index is 0.851. The van der Waals surface area contributed by atoms with Gasteiger partial charge in [-0.3, -0.25) is 0 Å². The standard InChI is InChI=1S/C7H14N2/c1-9-5-6-2-7(9)4-8-3-6/h6-8H,2-5H2,1H3/t6-,7+/m0/s1. The molecule has 0 radical (unpaired) electrons. The number of nitrogens with zero attached hydrogens (tertiary/aromatic N) is 1. The van der Waals surface area contributed by atoms with Crippen LogP contribution in [0.5, 0.6) is 0 Å². The van der Waals surface area contributed by atoms with Crippen molar-refractivity contribution in [1.82, 2.24) is 10.2 Å². The Kier molecular flexibility index (Phi) is 1.24. The average Bonchev–Trinajstić information content (AvgIpc) is 2.09. The summed E-state index contributed by atoms with van der Waals surface area (Å²) in [6.45, 7) is 3.78. The van der Waals surface area contributed by atoms with Gasteiger partial charge in [-0.15, -0.1) is 0 Å². The third-order valence-corrected chi connectivity index (χ3v) is 2.59. The molecule has 2 atom stereocenters. The van der Waals surface area contributed by atoms with Gasteiger partial charge in [-0.05, 0) is 25.9 Å². The summed E-state index contributed by atoms with van der Waals surface area (Å²) in [6, 6.07) is 0.851. The average molecular weight is 126 g/mol. The molecule has 9 heavy (non-hydrogen) atoms. The molecule has 2 bridgehead atoms. The molecule has 2 fully saturated rings. The van der Waals surface area contributed by atoms with E-state index in [1.165, 1.54) is 26.1 Å². The molecule has 1 N–H and O–H groups in total. The van der Waals surface area contributed by atoms with Crippen LogP contribution < -0.4 is 5.32 Å². The summed E-state index contributed by atoms with van der Waals surface area (Å²) in [5.74, 6) is 0.953. The number of fused-ring (bicyclic) bond motifs is 2. The van der Waals surface area contributed by atoms with Crippen LogP contribution in [0.1, 0.15) is 6.42 Å². The third kappa shape index (κ3) is 0.864. The fourth-order valence-electron chi connectivity index (χ4n) is 2.04. The van der Waals surface area contributed by atoms with Crippen LogP contribution in [0.25, 0.3) is 0 Å². The fraction of sp³-hybridized carbons (Fsp3) is 1.00. The summed E-state index contributed by atoms with van der Waals surface area (Å²) < 4.78 is 0. The van der Waals surface area contributed by atoms with Gasteiger partial charge in [0.25, 0.3) is 0 Å². The van der Waals surface area contributed by atoms with Crippen molar-refractivity contribution in [2.24, 2.45) is 5.92 Å². The van der Waals surface area contributed by atoms with Crippen LogP contribution in [0.3, 0.4) is 0 Å². The number of piperidine rings is 1. The van der Waals surface area contributed by atoms with Gasteiger partial charge in [0.05, 0.1) is 0 Å². The van der Waals surface area contributed by atoms with Gasteiger partial charge in [-0.2, -0.15) is 0 Å². The molecule has 0 aromatic carbocycles. The molecule has 0 spiro atoms. The highest BCUT2D eigenvalue weighted by atomic mass is 15.2. The molecule has 2 aliphatic heterocycles. The minimum Gasteiger partial charge on any atom is -0.315 e. The Morgan fingerprint density at radius 1 is 1.44 bits per heavy atom. The summed E-state index contributed by atoms with van der Waals surface area (Å²) in [7, 11) is 2.23. The van der Waals surface area contributed by atoms with Crippen LogP contribution in [-0.2, 0) is 0 Å². The van der Waals surface area contributed by atoms with Crippen molar-refractivity contribution < 1.29 is 0 Å². The number of nitrogens with one attached hydrogen (secondary N) is 1. The predicted molar refractivity (Wildman–Crippen MR) is 37.4 cm³/mol. The van der Waals surface area contributed by atoms with E-state index in [4.69, 9.17) is 0 Å². The molecule has 2 heterocycles. The van der Waals surface area contributed by atoms with Crippen molar-refractivity contribution in [3.05, 3.63) is 0 Å². The van der Waals surface area contributed by atoms with E-state index < -0.39 is 0 Å². The van der Waals surface area contributed by atoms with Crippen LogP contribution in [0.4, 0.5) is 0 Å². The maximum absolute atomic E-state index is 3.44. The van der Waals surface area contributed by atoms with Gasteiger partial charge in [-0.25, -0.2) is 0 Å². The first kappa shape index (κ1) is 5.69. The number of hydrogen-bond acceptors (Lipinski definition) is 2. The van der Waals surface area contributed by atoms with Crippen molar-refractivity contribution in [1.29, 1.82) is 0 Å². The second kappa shape index (κ2) is 1.96. The molecule has 0 unspecified atom stereocenters. The van der Waals surface area contributed by atoms with E-state index in [-0.39, 0.29) is 0 Å². The van der Waals surface area contributed by atoms with Crippen LogP contribution in [0.15, 0.2) is 0 Å². The minimum absolute atomic E-state index is 0.851. The largest absolute Gasteiger partial charge is 0.315 e. The van der Waals surface area contributed by atoms with Gasteiger partial charge in [0.2, 0.25) is 0 Å². The normalized spacial score (nSPS) is 43.7. The Morgan fingerprint density at radius 2 is 2.33 bits per heavy atom. The van der Waals surface area contributed by atoms with Gasteiger partial charge >= 0.3 is 0 Å². The SMILES string of the molecule is CN1C[C@@H]2CNC[C@H]1C2. The molecule has 0 saturated carbocycles. The van der Waals surface area contributed by atoms with Crippen molar-refractivity contribution >= 4 is 0 Å². The van der Waals surface area contributed by atoms with E-state index in [9.17, 15) is 0 Å². The second-order valence-corrected chi connectivity index (χ2v) is 3.35. The highest BCUT2D eigenvalue weighted by Crippen LogP contribution is 2.23. The number of hydrogen-bond donors (Lipinski definition) is 1. The van der Waals surface area contributed by atoms with E-state index >= 15 is 0 Å². The summed E-state index contributed by atoms with van der Waals surface area (Å²) in [5, 5.41) is 3.44. The number of likely N-dealkylation sites (N-methyl/N-ethyl adjacent to an activating group) is 1. The molecule has 2 saturated heterocycles. The summed E-state index contributed by atoms with van der Waals surface area (Å²) >= 11 is 0. The zero-order valence-corrected chi connectivity index (χ0v) is 5.93. The molecular formula is C7H14N2. The van der Waals surface area contributed by atoms with E-state index in [0.29, 0.717) is 0 Å². The Bertz CT molecular complexity index is 111. The summed E-state index contributed by atoms with van der Waals surface area (Å²) in [6.07, 6.45) is 1.43. The van der Waals surface area contributed by atoms with Crippen molar-refractivity contribution in [2.75, 3.05) is 26.7 Å². The second-order valence-electron chi connectivity index (χ2n) is 3.35. The Morgan fingerprint density at radius 3 is 3.00 bits per heavy atom. The van der Waals surface area contributed by atoms with Crippen molar-refractivity contribution in [3.8, 4) is 0 Å². The van der Waals surface area contributed by atoms with Gasteiger partial charge in [0.1, 0.15) is 0 Å². The highest BCUT2D eigenvalue weighted by molar-refractivity contribution is 4.89. The van der Waals surface area contributed by atoms with Crippen molar-refractivity contribution in [3.63, 3.8) is 0 Å². The summed E-state index contributed by atoms with van der Waals surface area (Å²) in [4.78, 5) is 2.48. The number of rotatable bonds is 0. The molecule has 52 valence electrons. The lowest BCUT2D eigenvalue weighted by atomic mass is 10.0. The van der Waals surface area contributed by atoms with E-state index in [1.807, 2.05) is 0 Å². The highest BCUT2D eigenvalue weighted by Gasteiger charge is 2.32. The summed E-state index contributed by atoms with van der Waals surface area (Å²) in [5.41, 5.74) is 0. The molecule has 0 aliphatic carbocycles. The Labute approximate surface area is 56.2 Å². The molecule has 2 aliphatic rings. The molecule has 2 rings (SSSR count).